The predicted molar refractivity (Wildman–Crippen MR) is 86.6 cm³/mol. The first-order chi connectivity index (χ1) is 9.54. The molecule has 0 saturated carbocycles. The minimum Gasteiger partial charge on any atom is -0.383 e. The van der Waals surface area contributed by atoms with Crippen LogP contribution in [-0.2, 0) is 4.74 Å². The normalized spacial score (nSPS) is 14.6. The van der Waals surface area contributed by atoms with Crippen molar-refractivity contribution >= 4 is 23.2 Å². The van der Waals surface area contributed by atoms with E-state index in [4.69, 9.17) is 33.7 Å². The maximum Gasteiger partial charge on any atom is 0.0590 e. The van der Waals surface area contributed by atoms with Gasteiger partial charge in [0.2, 0.25) is 0 Å². The average molecular weight is 319 g/mol. The molecule has 0 radical (unpaired) electrons. The van der Waals surface area contributed by atoms with Gasteiger partial charge in [-0.3, -0.25) is 4.90 Å². The zero-order chi connectivity index (χ0) is 15.1. The molecule has 0 amide bonds. The lowest BCUT2D eigenvalue weighted by Crippen LogP contribution is -2.41. The molecule has 0 bridgehead atoms. The largest absolute Gasteiger partial charge is 0.383 e. The van der Waals surface area contributed by atoms with Gasteiger partial charge in [-0.05, 0) is 31.0 Å². The first-order valence-electron chi connectivity index (χ1n) is 6.94. The van der Waals surface area contributed by atoms with Crippen molar-refractivity contribution < 1.29 is 4.74 Å². The van der Waals surface area contributed by atoms with Gasteiger partial charge in [0.15, 0.2) is 0 Å². The average Bonchev–Trinajstić information content (AvgIpc) is 2.44. The van der Waals surface area contributed by atoms with Gasteiger partial charge in [-0.1, -0.05) is 36.2 Å². The molecular weight excluding hydrogens is 295 g/mol. The highest BCUT2D eigenvalue weighted by Gasteiger charge is 2.24. The Bertz CT molecular complexity index is 415. The molecule has 3 nitrogen and oxygen atoms in total. The number of halogens is 2. The summed E-state index contributed by atoms with van der Waals surface area (Å²) in [5.74, 6) is 0. The molecule has 20 heavy (non-hydrogen) atoms. The highest BCUT2D eigenvalue weighted by Crippen LogP contribution is 2.30. The van der Waals surface area contributed by atoms with Crippen LogP contribution in [0.3, 0.4) is 0 Å². The molecule has 0 fully saturated rings. The van der Waals surface area contributed by atoms with E-state index in [1.807, 2.05) is 12.1 Å². The molecule has 1 aromatic rings. The van der Waals surface area contributed by atoms with E-state index in [-0.39, 0.29) is 6.04 Å². The Morgan fingerprint density at radius 2 is 2.05 bits per heavy atom. The van der Waals surface area contributed by atoms with Crippen molar-refractivity contribution in [1.82, 2.24) is 4.90 Å². The van der Waals surface area contributed by atoms with E-state index in [1.54, 1.807) is 13.2 Å². The molecule has 0 aliphatic heterocycles. The van der Waals surface area contributed by atoms with Crippen LogP contribution in [0.5, 0.6) is 0 Å². The van der Waals surface area contributed by atoms with Crippen molar-refractivity contribution in [2.75, 3.05) is 26.8 Å². The first kappa shape index (κ1) is 17.7. The van der Waals surface area contributed by atoms with E-state index < -0.39 is 0 Å². The third-order valence-corrected chi connectivity index (χ3v) is 4.22. The first-order valence-corrected chi connectivity index (χ1v) is 7.70. The summed E-state index contributed by atoms with van der Waals surface area (Å²) < 4.78 is 5.21. The lowest BCUT2D eigenvalue weighted by molar-refractivity contribution is 0.0903. The molecule has 0 aliphatic carbocycles. The van der Waals surface area contributed by atoms with Crippen LogP contribution in [0.15, 0.2) is 18.2 Å². The Hall–Kier alpha value is -0.320. The number of hydrogen-bond donors (Lipinski definition) is 1. The van der Waals surface area contributed by atoms with Crippen molar-refractivity contribution in [1.29, 1.82) is 0 Å². The van der Waals surface area contributed by atoms with E-state index in [9.17, 15) is 0 Å². The van der Waals surface area contributed by atoms with Crippen molar-refractivity contribution in [3.8, 4) is 0 Å². The molecule has 114 valence electrons. The van der Waals surface area contributed by atoms with E-state index >= 15 is 0 Å². The Kier molecular flexibility index (Phi) is 7.85. The molecule has 1 aromatic carbocycles. The van der Waals surface area contributed by atoms with E-state index in [1.165, 1.54) is 0 Å². The second kappa shape index (κ2) is 8.85. The van der Waals surface area contributed by atoms with Crippen molar-refractivity contribution in [2.24, 2.45) is 5.73 Å². The molecule has 0 aliphatic rings. The molecule has 0 heterocycles. The summed E-state index contributed by atoms with van der Waals surface area (Å²) in [6.45, 7) is 6.37. The number of nitrogens with two attached hydrogens (primary N) is 1. The minimum absolute atomic E-state index is 0.0740. The van der Waals surface area contributed by atoms with E-state index in [0.717, 1.165) is 18.5 Å². The fourth-order valence-electron chi connectivity index (χ4n) is 2.33. The molecular formula is C15H24Cl2N2O. The summed E-state index contributed by atoms with van der Waals surface area (Å²) in [5.41, 5.74) is 7.03. The SMILES string of the molecule is CCC(C)N(CCOC)C(CN)c1ccc(Cl)cc1Cl. The lowest BCUT2D eigenvalue weighted by atomic mass is 10.0. The predicted octanol–water partition coefficient (Wildman–Crippen LogP) is 3.74. The summed E-state index contributed by atoms with van der Waals surface area (Å²) in [6, 6.07) is 6.07. The van der Waals surface area contributed by atoms with E-state index in [2.05, 4.69) is 18.7 Å². The van der Waals surface area contributed by atoms with Crippen molar-refractivity contribution in [2.45, 2.75) is 32.4 Å². The van der Waals surface area contributed by atoms with Crippen LogP contribution < -0.4 is 5.73 Å². The van der Waals surface area contributed by atoms with Gasteiger partial charge in [0, 0.05) is 42.3 Å². The van der Waals surface area contributed by atoms with Crippen LogP contribution in [-0.4, -0.2) is 37.7 Å². The van der Waals surface area contributed by atoms with Gasteiger partial charge in [-0.15, -0.1) is 0 Å². The molecule has 5 heteroatoms. The topological polar surface area (TPSA) is 38.5 Å². The minimum atomic E-state index is 0.0740. The number of rotatable bonds is 8. The fraction of sp³-hybridized carbons (Fsp3) is 0.600. The zero-order valence-corrected chi connectivity index (χ0v) is 13.9. The Labute approximate surface area is 132 Å². The van der Waals surface area contributed by atoms with Crippen LogP contribution in [0.1, 0.15) is 31.9 Å². The lowest BCUT2D eigenvalue weighted by Gasteiger charge is -2.36. The van der Waals surface area contributed by atoms with E-state index in [0.29, 0.717) is 29.2 Å². The standard InChI is InChI=1S/C15H24Cl2N2O/c1-4-11(2)19(7-8-20-3)15(10-18)13-6-5-12(16)9-14(13)17/h5-6,9,11,15H,4,7-8,10,18H2,1-3H3. The van der Waals surface area contributed by atoms with Crippen LogP contribution >= 0.6 is 23.2 Å². The fourth-order valence-corrected chi connectivity index (χ4v) is 2.86. The molecule has 0 spiro atoms. The molecule has 2 unspecified atom stereocenters. The third kappa shape index (κ3) is 4.61. The monoisotopic (exact) mass is 318 g/mol. The highest BCUT2D eigenvalue weighted by molar-refractivity contribution is 6.35. The van der Waals surface area contributed by atoms with Crippen LogP contribution in [0.25, 0.3) is 0 Å². The van der Waals surface area contributed by atoms with Crippen molar-refractivity contribution in [3.63, 3.8) is 0 Å². The van der Waals surface area contributed by atoms with Gasteiger partial charge in [0.05, 0.1) is 6.61 Å². The van der Waals surface area contributed by atoms with Gasteiger partial charge in [0.1, 0.15) is 0 Å². The second-order valence-corrected chi connectivity index (χ2v) is 5.75. The maximum absolute atomic E-state index is 6.33. The van der Waals surface area contributed by atoms with Crippen LogP contribution in [0.4, 0.5) is 0 Å². The molecule has 0 aromatic heterocycles. The van der Waals surface area contributed by atoms with Crippen LogP contribution in [0.2, 0.25) is 10.0 Å². The summed E-state index contributed by atoms with van der Waals surface area (Å²) >= 11 is 12.3. The number of hydrogen-bond acceptors (Lipinski definition) is 3. The molecule has 2 N–H and O–H groups in total. The number of methoxy groups -OCH3 is 1. The summed E-state index contributed by atoms with van der Waals surface area (Å²) in [4.78, 5) is 2.35. The van der Waals surface area contributed by atoms with Crippen LogP contribution in [0, 0.1) is 0 Å². The third-order valence-electron chi connectivity index (χ3n) is 3.66. The number of nitrogens with zero attached hydrogens (tertiary/aromatic N) is 1. The molecule has 0 saturated heterocycles. The Morgan fingerprint density at radius 1 is 1.35 bits per heavy atom. The maximum atomic E-state index is 6.33. The smallest absolute Gasteiger partial charge is 0.0590 e. The molecule has 1 rings (SSSR count). The van der Waals surface area contributed by atoms with Gasteiger partial charge >= 0.3 is 0 Å². The number of benzene rings is 1. The van der Waals surface area contributed by atoms with Crippen molar-refractivity contribution in [3.05, 3.63) is 33.8 Å². The Balaban J connectivity index is 3.04. The van der Waals surface area contributed by atoms with Gasteiger partial charge in [-0.25, -0.2) is 0 Å². The van der Waals surface area contributed by atoms with Gasteiger partial charge in [-0.2, -0.15) is 0 Å². The number of ether oxygens (including phenoxy) is 1. The molecule has 2 atom stereocenters. The quantitative estimate of drug-likeness (QED) is 0.793. The highest BCUT2D eigenvalue weighted by atomic mass is 35.5. The Morgan fingerprint density at radius 3 is 2.55 bits per heavy atom. The summed E-state index contributed by atoms with van der Waals surface area (Å²) in [7, 11) is 1.71. The summed E-state index contributed by atoms with van der Waals surface area (Å²) in [5, 5.41) is 1.31. The van der Waals surface area contributed by atoms with Gasteiger partial charge < -0.3 is 10.5 Å². The van der Waals surface area contributed by atoms with Gasteiger partial charge in [0.25, 0.3) is 0 Å². The second-order valence-electron chi connectivity index (χ2n) is 4.91. The zero-order valence-electron chi connectivity index (χ0n) is 12.4. The summed E-state index contributed by atoms with van der Waals surface area (Å²) in [6.07, 6.45) is 1.05.